The number of ether oxygens (including phenoxy) is 1. The number of benzene rings is 2. The molecule has 0 atom stereocenters. The molecule has 2 heterocycles. The SMILES string of the molecule is O=C(NC1CCC(Nc2ccc3ccccc3n2)CC1)c1cccnc1Oc1ccccc1Br. The largest absolute Gasteiger partial charge is 0.437 e. The summed E-state index contributed by atoms with van der Waals surface area (Å²) in [5, 5.41) is 7.87. The molecule has 5 rings (SSSR count). The number of rotatable bonds is 6. The summed E-state index contributed by atoms with van der Waals surface area (Å²) in [6, 6.07) is 23.7. The van der Waals surface area contributed by atoms with E-state index in [0.717, 1.165) is 46.9 Å². The van der Waals surface area contributed by atoms with Gasteiger partial charge in [0, 0.05) is 23.7 Å². The molecule has 2 aromatic heterocycles. The van der Waals surface area contributed by atoms with E-state index in [1.807, 2.05) is 48.5 Å². The molecule has 34 heavy (non-hydrogen) atoms. The Bertz CT molecular complexity index is 1300. The number of amides is 1. The van der Waals surface area contributed by atoms with Crippen molar-refractivity contribution < 1.29 is 9.53 Å². The van der Waals surface area contributed by atoms with Gasteiger partial charge in [-0.3, -0.25) is 4.79 Å². The van der Waals surface area contributed by atoms with Gasteiger partial charge in [0.25, 0.3) is 5.91 Å². The van der Waals surface area contributed by atoms with Gasteiger partial charge in [-0.25, -0.2) is 9.97 Å². The Kier molecular flexibility index (Phi) is 6.72. The number of aromatic nitrogens is 2. The van der Waals surface area contributed by atoms with Crippen LogP contribution in [-0.2, 0) is 0 Å². The van der Waals surface area contributed by atoms with Crippen molar-refractivity contribution in [2.75, 3.05) is 5.32 Å². The number of nitrogens with zero attached hydrogens (tertiary/aromatic N) is 2. The minimum Gasteiger partial charge on any atom is -0.437 e. The molecule has 0 aliphatic heterocycles. The van der Waals surface area contributed by atoms with E-state index >= 15 is 0 Å². The predicted octanol–water partition coefficient (Wildman–Crippen LogP) is 6.34. The minimum atomic E-state index is -0.164. The first-order chi connectivity index (χ1) is 16.7. The molecule has 1 amide bonds. The molecule has 0 bridgehead atoms. The number of carbonyl (C=O) groups is 1. The number of para-hydroxylation sites is 2. The van der Waals surface area contributed by atoms with Gasteiger partial charge in [0.05, 0.1) is 9.99 Å². The van der Waals surface area contributed by atoms with E-state index in [9.17, 15) is 4.79 Å². The van der Waals surface area contributed by atoms with Crippen molar-refractivity contribution in [2.24, 2.45) is 0 Å². The molecule has 1 saturated carbocycles. The van der Waals surface area contributed by atoms with Crippen molar-refractivity contribution >= 4 is 38.6 Å². The van der Waals surface area contributed by atoms with Crippen LogP contribution >= 0.6 is 15.9 Å². The van der Waals surface area contributed by atoms with Gasteiger partial charge in [-0.05, 0) is 84.1 Å². The second kappa shape index (κ2) is 10.2. The fourth-order valence-corrected chi connectivity index (χ4v) is 4.64. The van der Waals surface area contributed by atoms with E-state index in [1.165, 1.54) is 0 Å². The van der Waals surface area contributed by atoms with Gasteiger partial charge in [0.15, 0.2) is 0 Å². The standard InChI is InChI=1S/C27H25BrN4O2/c28-22-8-2-4-10-24(22)34-27-21(7-5-17-29-27)26(33)31-20-14-12-19(13-15-20)30-25-16-11-18-6-1-3-9-23(18)32-25/h1-11,16-17,19-20H,12-15H2,(H,30,32)(H,31,33). The maximum absolute atomic E-state index is 13.0. The second-order valence-corrected chi connectivity index (χ2v) is 9.30. The number of hydrogen-bond donors (Lipinski definition) is 2. The first-order valence-electron chi connectivity index (χ1n) is 11.5. The highest BCUT2D eigenvalue weighted by atomic mass is 79.9. The van der Waals surface area contributed by atoms with Gasteiger partial charge in [0.1, 0.15) is 17.1 Å². The third-order valence-electron chi connectivity index (χ3n) is 6.07. The van der Waals surface area contributed by atoms with Gasteiger partial charge >= 0.3 is 0 Å². The Morgan fingerprint density at radius 1 is 0.882 bits per heavy atom. The first-order valence-corrected chi connectivity index (χ1v) is 12.3. The number of fused-ring (bicyclic) bond motifs is 1. The summed E-state index contributed by atoms with van der Waals surface area (Å²) in [6.45, 7) is 0. The average Bonchev–Trinajstić information content (AvgIpc) is 2.87. The zero-order valence-electron chi connectivity index (χ0n) is 18.6. The van der Waals surface area contributed by atoms with Gasteiger partial charge in [-0.15, -0.1) is 0 Å². The predicted molar refractivity (Wildman–Crippen MR) is 137 cm³/mol. The van der Waals surface area contributed by atoms with E-state index in [4.69, 9.17) is 9.72 Å². The Balaban J connectivity index is 1.18. The van der Waals surface area contributed by atoms with Crippen molar-refractivity contribution in [3.63, 3.8) is 0 Å². The van der Waals surface area contributed by atoms with Crippen LogP contribution < -0.4 is 15.4 Å². The van der Waals surface area contributed by atoms with E-state index < -0.39 is 0 Å². The Hall–Kier alpha value is -3.45. The summed E-state index contributed by atoms with van der Waals surface area (Å²) in [5.74, 6) is 1.65. The number of pyridine rings is 2. The highest BCUT2D eigenvalue weighted by molar-refractivity contribution is 9.10. The Labute approximate surface area is 206 Å². The van der Waals surface area contributed by atoms with Gasteiger partial charge in [-0.2, -0.15) is 0 Å². The summed E-state index contributed by atoms with van der Waals surface area (Å²) in [5.41, 5.74) is 1.42. The lowest BCUT2D eigenvalue weighted by atomic mass is 9.91. The summed E-state index contributed by atoms with van der Waals surface area (Å²) < 4.78 is 6.73. The van der Waals surface area contributed by atoms with Crippen LogP contribution in [0.3, 0.4) is 0 Å². The van der Waals surface area contributed by atoms with Crippen molar-refractivity contribution in [2.45, 2.75) is 37.8 Å². The van der Waals surface area contributed by atoms with Crippen LogP contribution in [0.15, 0.2) is 83.5 Å². The van der Waals surface area contributed by atoms with Crippen LogP contribution in [0.5, 0.6) is 11.6 Å². The molecule has 2 N–H and O–H groups in total. The highest BCUT2D eigenvalue weighted by Gasteiger charge is 2.24. The topological polar surface area (TPSA) is 76.1 Å². The molecule has 1 aliphatic rings. The van der Waals surface area contributed by atoms with Crippen LogP contribution in [0.25, 0.3) is 10.9 Å². The Morgan fingerprint density at radius 2 is 1.65 bits per heavy atom. The molecule has 0 unspecified atom stereocenters. The Morgan fingerprint density at radius 3 is 2.50 bits per heavy atom. The lowest BCUT2D eigenvalue weighted by Crippen LogP contribution is -2.40. The summed E-state index contributed by atoms with van der Waals surface area (Å²) >= 11 is 3.47. The summed E-state index contributed by atoms with van der Waals surface area (Å²) in [7, 11) is 0. The fourth-order valence-electron chi connectivity index (χ4n) is 4.28. The molecular formula is C27H25BrN4O2. The molecule has 7 heteroatoms. The summed E-state index contributed by atoms with van der Waals surface area (Å²) in [4.78, 5) is 22.0. The molecule has 1 aliphatic carbocycles. The molecule has 4 aromatic rings. The molecule has 0 radical (unpaired) electrons. The van der Waals surface area contributed by atoms with Crippen LogP contribution in [-0.4, -0.2) is 28.0 Å². The van der Waals surface area contributed by atoms with Crippen molar-refractivity contribution in [3.8, 4) is 11.6 Å². The van der Waals surface area contributed by atoms with Crippen LogP contribution in [0.4, 0.5) is 5.82 Å². The van der Waals surface area contributed by atoms with Crippen LogP contribution in [0, 0.1) is 0 Å². The maximum atomic E-state index is 13.0. The van der Waals surface area contributed by atoms with E-state index in [2.05, 4.69) is 43.7 Å². The number of hydrogen-bond acceptors (Lipinski definition) is 5. The zero-order valence-corrected chi connectivity index (χ0v) is 20.2. The zero-order chi connectivity index (χ0) is 23.3. The molecular weight excluding hydrogens is 492 g/mol. The van der Waals surface area contributed by atoms with E-state index in [1.54, 1.807) is 18.3 Å². The average molecular weight is 517 g/mol. The second-order valence-electron chi connectivity index (χ2n) is 8.44. The summed E-state index contributed by atoms with van der Waals surface area (Å²) in [6.07, 6.45) is 5.36. The first kappa shape index (κ1) is 22.3. The molecule has 172 valence electrons. The number of carbonyl (C=O) groups excluding carboxylic acids is 1. The third-order valence-corrected chi connectivity index (χ3v) is 6.73. The van der Waals surface area contributed by atoms with Gasteiger partial charge in [0.2, 0.25) is 5.88 Å². The van der Waals surface area contributed by atoms with Crippen LogP contribution in [0.1, 0.15) is 36.0 Å². The number of anilines is 1. The number of nitrogens with one attached hydrogen (secondary N) is 2. The molecule has 0 spiro atoms. The highest BCUT2D eigenvalue weighted by Crippen LogP contribution is 2.30. The molecule has 2 aromatic carbocycles. The smallest absolute Gasteiger partial charge is 0.257 e. The quantitative estimate of drug-likeness (QED) is 0.312. The molecule has 1 fully saturated rings. The van der Waals surface area contributed by atoms with Gasteiger partial charge < -0.3 is 15.4 Å². The normalized spacial score (nSPS) is 17.8. The lowest BCUT2D eigenvalue weighted by Gasteiger charge is -2.30. The van der Waals surface area contributed by atoms with Crippen molar-refractivity contribution in [1.29, 1.82) is 0 Å². The van der Waals surface area contributed by atoms with Crippen LogP contribution in [0.2, 0.25) is 0 Å². The fraction of sp³-hybridized carbons (Fsp3) is 0.222. The molecule has 0 saturated heterocycles. The minimum absolute atomic E-state index is 0.117. The van der Waals surface area contributed by atoms with Crippen molar-refractivity contribution in [3.05, 3.63) is 89.0 Å². The monoisotopic (exact) mass is 516 g/mol. The third kappa shape index (κ3) is 5.20. The number of halogens is 1. The lowest BCUT2D eigenvalue weighted by molar-refractivity contribution is 0.0923. The van der Waals surface area contributed by atoms with E-state index in [0.29, 0.717) is 23.2 Å². The van der Waals surface area contributed by atoms with Gasteiger partial charge in [-0.1, -0.05) is 30.3 Å². The van der Waals surface area contributed by atoms with Crippen molar-refractivity contribution in [1.82, 2.24) is 15.3 Å². The van der Waals surface area contributed by atoms with E-state index in [-0.39, 0.29) is 11.9 Å². The maximum Gasteiger partial charge on any atom is 0.257 e. The molecule has 6 nitrogen and oxygen atoms in total.